The summed E-state index contributed by atoms with van der Waals surface area (Å²) >= 11 is 0. The Morgan fingerprint density at radius 2 is 1.96 bits per heavy atom. The first-order valence-electron chi connectivity index (χ1n) is 8.65. The lowest BCUT2D eigenvalue weighted by Crippen LogP contribution is -2.71. The number of aryl methyl sites for hydroxylation is 1. The number of nitrogens with zero attached hydrogens (tertiary/aromatic N) is 2. The van der Waals surface area contributed by atoms with E-state index in [-0.39, 0.29) is 18.5 Å². The van der Waals surface area contributed by atoms with Crippen LogP contribution in [0.1, 0.15) is 43.6 Å². The normalized spacial score (nSPS) is 12.4. The number of rotatable bonds is 8. The molecular weight excluding hydrogens is 318 g/mol. The number of aromatic nitrogens is 2. The van der Waals surface area contributed by atoms with Crippen LogP contribution in [0.2, 0.25) is 0 Å². The van der Waals surface area contributed by atoms with E-state index in [0.717, 1.165) is 23.3 Å². The maximum Gasteiger partial charge on any atom is 0.313 e. The molecule has 1 aromatic carbocycles. The van der Waals surface area contributed by atoms with E-state index in [1.807, 2.05) is 26.0 Å². The summed E-state index contributed by atoms with van der Waals surface area (Å²) in [5.74, 6) is 1.25. The zero-order chi connectivity index (χ0) is 18.4. The summed E-state index contributed by atoms with van der Waals surface area (Å²) in [6, 6.07) is 8.14. The van der Waals surface area contributed by atoms with Crippen molar-refractivity contribution in [2.45, 2.75) is 46.6 Å². The second kappa shape index (κ2) is 8.78. The minimum absolute atomic E-state index is 0.215. The molecule has 0 radical (unpaired) electrons. The van der Waals surface area contributed by atoms with Crippen molar-refractivity contribution in [2.24, 2.45) is 5.92 Å². The van der Waals surface area contributed by atoms with Gasteiger partial charge in [0.15, 0.2) is 0 Å². The van der Waals surface area contributed by atoms with Crippen molar-refractivity contribution in [3.63, 3.8) is 0 Å². The van der Waals surface area contributed by atoms with Gasteiger partial charge in [0, 0.05) is 0 Å². The predicted molar refractivity (Wildman–Crippen MR) is 96.3 cm³/mol. The molecule has 0 aliphatic carbocycles. The Morgan fingerprint density at radius 1 is 1.28 bits per heavy atom. The average molecular weight is 345 g/mol. The number of nitrogens with two attached hydrogens (primary N) is 1. The monoisotopic (exact) mass is 345 g/mol. The number of hydrogen-bond donors (Lipinski definition) is 1. The highest BCUT2D eigenvalue weighted by atomic mass is 16.5. The summed E-state index contributed by atoms with van der Waals surface area (Å²) in [4.78, 5) is 16.3. The van der Waals surface area contributed by atoms with Crippen LogP contribution in [0.15, 0.2) is 30.5 Å². The first-order chi connectivity index (χ1) is 11.9. The van der Waals surface area contributed by atoms with Crippen molar-refractivity contribution >= 4 is 11.8 Å². The van der Waals surface area contributed by atoms with E-state index in [0.29, 0.717) is 18.3 Å². The van der Waals surface area contributed by atoms with E-state index in [1.165, 1.54) is 11.8 Å². The van der Waals surface area contributed by atoms with Gasteiger partial charge in [0.1, 0.15) is 18.6 Å². The van der Waals surface area contributed by atoms with E-state index < -0.39 is 0 Å². The summed E-state index contributed by atoms with van der Waals surface area (Å²) in [7, 11) is 0. The van der Waals surface area contributed by atoms with Gasteiger partial charge in [0.2, 0.25) is 5.82 Å². The Bertz CT molecular complexity index is 692. The highest BCUT2D eigenvalue weighted by Gasteiger charge is 2.17. The van der Waals surface area contributed by atoms with Gasteiger partial charge < -0.3 is 15.4 Å². The highest BCUT2D eigenvalue weighted by Crippen LogP contribution is 2.19. The number of carbonyl (C=O) groups excluding carboxylic acids is 1. The number of hydrogen-bond acceptors (Lipinski definition) is 4. The van der Waals surface area contributed by atoms with E-state index in [1.54, 1.807) is 4.57 Å². The molecule has 0 aliphatic heterocycles. The molecule has 0 amide bonds. The van der Waals surface area contributed by atoms with Crippen molar-refractivity contribution in [3.05, 3.63) is 52.6 Å². The zero-order valence-corrected chi connectivity index (χ0v) is 15.4. The second-order valence-corrected chi connectivity index (χ2v) is 6.73. The molecule has 2 aromatic rings. The molecule has 1 heterocycles. The molecule has 1 aromatic heterocycles. The first-order valence-corrected chi connectivity index (χ1v) is 8.65. The van der Waals surface area contributed by atoms with Crippen molar-refractivity contribution in [2.75, 3.05) is 6.61 Å². The second-order valence-electron chi connectivity index (χ2n) is 6.73. The van der Waals surface area contributed by atoms with Gasteiger partial charge in [-0.15, -0.1) is 0 Å². The average Bonchev–Trinajstić information content (AvgIpc) is 2.94. The van der Waals surface area contributed by atoms with E-state index in [2.05, 4.69) is 31.0 Å². The quantitative estimate of drug-likeness (QED) is 0.588. The van der Waals surface area contributed by atoms with Crippen LogP contribution >= 0.6 is 0 Å². The van der Waals surface area contributed by atoms with Gasteiger partial charge in [-0.25, -0.2) is 4.98 Å². The van der Waals surface area contributed by atoms with Gasteiger partial charge >= 0.3 is 5.97 Å². The molecule has 6 heteroatoms. The maximum absolute atomic E-state index is 12.3. The standard InChI is InChI=1S/C19H27N3O3/c1-13(2)11-16-5-7-17(8-6-16)14(3)19(23)25-10-9-22-15(4)20-12-18(22)21-24/h5-8,12-14H,9-11,21H2,1-4H3/t14-/m0/s1. The third-order valence-corrected chi connectivity index (χ3v) is 4.24. The number of ether oxygens (including phenoxy) is 1. The van der Waals surface area contributed by atoms with Crippen LogP contribution in [0.3, 0.4) is 0 Å². The molecule has 0 fully saturated rings. The van der Waals surface area contributed by atoms with E-state index in [9.17, 15) is 10.0 Å². The number of carbonyl (C=O) groups is 1. The molecule has 0 saturated heterocycles. The summed E-state index contributed by atoms with van der Waals surface area (Å²) < 4.78 is 7.12. The zero-order valence-electron chi connectivity index (χ0n) is 15.4. The van der Waals surface area contributed by atoms with Gasteiger partial charge in [0.05, 0.1) is 12.5 Å². The van der Waals surface area contributed by atoms with Gasteiger partial charge in [-0.1, -0.05) is 38.1 Å². The van der Waals surface area contributed by atoms with Crippen LogP contribution in [-0.4, -0.2) is 22.1 Å². The predicted octanol–water partition coefficient (Wildman–Crippen LogP) is 2.43. The Morgan fingerprint density at radius 3 is 2.56 bits per heavy atom. The highest BCUT2D eigenvalue weighted by molar-refractivity contribution is 5.77. The van der Waals surface area contributed by atoms with E-state index >= 15 is 0 Å². The number of quaternary nitrogens is 1. The Labute approximate surface area is 148 Å². The van der Waals surface area contributed by atoms with Crippen LogP contribution in [0.5, 0.6) is 0 Å². The molecular formula is C19H27N3O3. The fraction of sp³-hybridized carbons (Fsp3) is 0.474. The topological polar surface area (TPSA) is 83.8 Å². The third kappa shape index (κ3) is 5.14. The van der Waals surface area contributed by atoms with Crippen LogP contribution in [0.4, 0.5) is 5.82 Å². The van der Waals surface area contributed by atoms with Crippen molar-refractivity contribution in [1.82, 2.24) is 9.55 Å². The van der Waals surface area contributed by atoms with Crippen LogP contribution in [0, 0.1) is 18.0 Å². The summed E-state index contributed by atoms with van der Waals surface area (Å²) in [5.41, 5.74) is 2.98. The van der Waals surface area contributed by atoms with Gasteiger partial charge in [-0.05, 0) is 37.3 Å². The lowest BCUT2D eigenvalue weighted by molar-refractivity contribution is -0.503. The van der Waals surface area contributed by atoms with Crippen molar-refractivity contribution in [1.29, 1.82) is 0 Å². The maximum atomic E-state index is 12.3. The van der Waals surface area contributed by atoms with Crippen LogP contribution < -0.4 is 5.48 Å². The third-order valence-electron chi connectivity index (χ3n) is 4.24. The summed E-state index contributed by atoms with van der Waals surface area (Å²) in [6.07, 6.45) is 2.55. The van der Waals surface area contributed by atoms with Gasteiger partial charge in [0.25, 0.3) is 0 Å². The fourth-order valence-electron chi connectivity index (χ4n) is 2.78. The Hall–Kier alpha value is -2.18. The number of benzene rings is 1. The minimum Gasteiger partial charge on any atom is -0.629 e. The molecule has 0 unspecified atom stereocenters. The Balaban J connectivity index is 1.88. The molecule has 2 N–H and O–H groups in total. The summed E-state index contributed by atoms with van der Waals surface area (Å²) in [6.45, 7) is 8.67. The van der Waals surface area contributed by atoms with Crippen molar-refractivity contribution < 1.29 is 15.0 Å². The number of esters is 1. The SMILES string of the molecule is Cc1ncc([NH2+][O-])n1CCOC(=O)[C@@H](C)c1ccc(CC(C)C)cc1. The molecule has 136 valence electrons. The molecule has 1 atom stereocenters. The lowest BCUT2D eigenvalue weighted by atomic mass is 9.97. The smallest absolute Gasteiger partial charge is 0.313 e. The van der Waals surface area contributed by atoms with Gasteiger partial charge in [-0.3, -0.25) is 9.36 Å². The van der Waals surface area contributed by atoms with Crippen LogP contribution in [-0.2, 0) is 22.5 Å². The van der Waals surface area contributed by atoms with Crippen LogP contribution in [0.25, 0.3) is 0 Å². The molecule has 6 nitrogen and oxygen atoms in total. The first kappa shape index (κ1) is 19.1. The summed E-state index contributed by atoms with van der Waals surface area (Å²) in [5, 5.41) is 11.0. The van der Waals surface area contributed by atoms with Gasteiger partial charge in [-0.2, -0.15) is 0 Å². The van der Waals surface area contributed by atoms with Crippen molar-refractivity contribution in [3.8, 4) is 0 Å². The largest absolute Gasteiger partial charge is 0.629 e. The molecule has 0 bridgehead atoms. The fourth-order valence-corrected chi connectivity index (χ4v) is 2.78. The van der Waals surface area contributed by atoms with E-state index in [4.69, 9.17) is 4.74 Å². The molecule has 0 spiro atoms. The number of imidazole rings is 1. The Kier molecular flexibility index (Phi) is 6.73. The lowest BCUT2D eigenvalue weighted by Gasteiger charge is -2.14. The molecule has 0 aliphatic rings. The minimum atomic E-state index is -0.317. The molecule has 2 rings (SSSR count). The molecule has 25 heavy (non-hydrogen) atoms. The molecule has 0 saturated carbocycles.